The zero-order valence-corrected chi connectivity index (χ0v) is 24.1. The maximum atomic E-state index is 14.1. The Bertz CT molecular complexity index is 1310. The molecule has 4 unspecified atom stereocenters. The molecule has 41 heavy (non-hydrogen) atoms. The van der Waals surface area contributed by atoms with Crippen LogP contribution in [0.4, 0.5) is 4.39 Å². The third-order valence-electron chi connectivity index (χ3n) is 8.89. The summed E-state index contributed by atoms with van der Waals surface area (Å²) in [6.45, 7) is 4.15. The van der Waals surface area contributed by atoms with Gasteiger partial charge >= 0.3 is 0 Å². The summed E-state index contributed by atoms with van der Waals surface area (Å²) >= 11 is 0. The number of piperidine rings is 1. The average molecular weight is 556 g/mol. The fourth-order valence-electron chi connectivity index (χ4n) is 6.93. The summed E-state index contributed by atoms with van der Waals surface area (Å²) in [5, 5.41) is 10.4. The number of aryl methyl sites for hydroxylation is 1. The zero-order chi connectivity index (χ0) is 28.8. The maximum Gasteiger partial charge on any atom is 0.251 e. The van der Waals surface area contributed by atoms with E-state index >= 15 is 0 Å². The number of hydrogen-bond acceptors (Lipinski definition) is 3. The van der Waals surface area contributed by atoms with Crippen molar-refractivity contribution in [3.05, 3.63) is 107 Å². The Hall–Kier alpha value is -3.51. The summed E-state index contributed by atoms with van der Waals surface area (Å²) < 4.78 is 14.1. The van der Waals surface area contributed by atoms with Gasteiger partial charge < -0.3 is 16.0 Å². The molecule has 0 bridgehead atoms. The number of fused-ring (bicyclic) bond motifs is 1. The molecular weight excluding hydrogens is 513 g/mol. The molecule has 6 atom stereocenters. The van der Waals surface area contributed by atoms with Gasteiger partial charge in [-0.05, 0) is 68.5 Å². The first-order chi connectivity index (χ1) is 19.9. The van der Waals surface area contributed by atoms with Crippen LogP contribution in [0.5, 0.6) is 0 Å². The number of rotatable bonds is 5. The topological polar surface area (TPSA) is 70.2 Å². The van der Waals surface area contributed by atoms with Crippen LogP contribution in [0.25, 0.3) is 0 Å². The normalized spacial score (nSPS) is 27.1. The Morgan fingerprint density at radius 1 is 0.927 bits per heavy atom. The van der Waals surface area contributed by atoms with Crippen molar-refractivity contribution in [2.24, 2.45) is 5.92 Å². The van der Waals surface area contributed by atoms with Crippen LogP contribution in [0, 0.1) is 18.7 Å². The van der Waals surface area contributed by atoms with Gasteiger partial charge in [0.2, 0.25) is 5.91 Å². The van der Waals surface area contributed by atoms with Crippen molar-refractivity contribution in [2.75, 3.05) is 0 Å². The number of nitrogens with one attached hydrogen (secondary N) is 3. The molecule has 2 aliphatic heterocycles. The monoisotopic (exact) mass is 555 g/mol. The minimum absolute atomic E-state index is 0.00246. The van der Waals surface area contributed by atoms with Crippen LogP contribution in [0.1, 0.15) is 78.4 Å². The number of halogens is 1. The highest BCUT2D eigenvalue weighted by Crippen LogP contribution is 2.39. The van der Waals surface area contributed by atoms with Crippen LogP contribution in [0.2, 0.25) is 0 Å². The van der Waals surface area contributed by atoms with E-state index in [1.165, 1.54) is 24.1 Å². The third-order valence-corrected chi connectivity index (χ3v) is 8.89. The molecule has 2 saturated heterocycles. The van der Waals surface area contributed by atoms with E-state index in [0.29, 0.717) is 5.56 Å². The molecule has 3 aromatic rings. The summed E-state index contributed by atoms with van der Waals surface area (Å²) in [5.41, 5.74) is 3.67. The van der Waals surface area contributed by atoms with Crippen molar-refractivity contribution in [1.29, 1.82) is 0 Å². The molecule has 2 aliphatic rings. The van der Waals surface area contributed by atoms with Gasteiger partial charge in [0.15, 0.2) is 0 Å². The smallest absolute Gasteiger partial charge is 0.251 e. The highest BCUT2D eigenvalue weighted by atomic mass is 19.1. The maximum absolute atomic E-state index is 14.1. The molecule has 2 amide bonds. The summed E-state index contributed by atoms with van der Waals surface area (Å²) in [5.74, 6) is -1.09. The van der Waals surface area contributed by atoms with Crippen LogP contribution in [0.15, 0.2) is 78.9 Å². The number of amides is 2. The molecule has 0 saturated carbocycles. The summed E-state index contributed by atoms with van der Waals surface area (Å²) in [7, 11) is 0. The average Bonchev–Trinajstić information content (AvgIpc) is 2.99. The van der Waals surface area contributed by atoms with E-state index in [9.17, 15) is 14.0 Å². The van der Waals surface area contributed by atoms with Crippen molar-refractivity contribution >= 4 is 11.8 Å². The predicted octanol–water partition coefficient (Wildman–Crippen LogP) is 6.07. The lowest BCUT2D eigenvalue weighted by atomic mass is 9.69. The second-order valence-corrected chi connectivity index (χ2v) is 11.9. The summed E-state index contributed by atoms with van der Waals surface area (Å²) in [4.78, 5) is 27.2. The van der Waals surface area contributed by atoms with Crippen molar-refractivity contribution in [1.82, 2.24) is 16.0 Å². The first-order valence-electron chi connectivity index (χ1n) is 15.1. The second-order valence-electron chi connectivity index (χ2n) is 11.9. The van der Waals surface area contributed by atoms with Crippen molar-refractivity contribution < 1.29 is 14.0 Å². The van der Waals surface area contributed by atoms with Crippen LogP contribution in [-0.4, -0.2) is 36.0 Å². The lowest BCUT2D eigenvalue weighted by molar-refractivity contribution is -0.128. The third kappa shape index (κ3) is 7.23. The molecule has 2 fully saturated rings. The molecule has 0 aliphatic carbocycles. The van der Waals surface area contributed by atoms with E-state index in [0.717, 1.165) is 49.7 Å². The van der Waals surface area contributed by atoms with Crippen molar-refractivity contribution in [3.8, 4) is 0 Å². The van der Waals surface area contributed by atoms with E-state index in [4.69, 9.17) is 0 Å². The zero-order valence-electron chi connectivity index (χ0n) is 24.1. The second kappa shape index (κ2) is 13.4. The SMILES string of the molecule is Cc1cccc(C(=O)N[C@@H]2C(=O)NC3CCCCCCC(Cc4ccccc4)NC(C)C3[C@H]2c2ccc(F)cc2)c1. The van der Waals surface area contributed by atoms with Crippen LogP contribution in [0.3, 0.4) is 0 Å². The first-order valence-corrected chi connectivity index (χ1v) is 15.1. The first kappa shape index (κ1) is 29.0. The van der Waals surface area contributed by atoms with Gasteiger partial charge in [0.25, 0.3) is 5.91 Å². The van der Waals surface area contributed by atoms with Gasteiger partial charge in [0.1, 0.15) is 11.9 Å². The summed E-state index contributed by atoms with van der Waals surface area (Å²) in [6.07, 6.45) is 7.39. The molecular formula is C35H42FN3O2. The minimum Gasteiger partial charge on any atom is -0.351 e. The molecule has 5 nitrogen and oxygen atoms in total. The Balaban J connectivity index is 1.49. The highest BCUT2D eigenvalue weighted by molar-refractivity contribution is 5.98. The molecule has 5 rings (SSSR count). The Kier molecular flexibility index (Phi) is 9.50. The lowest BCUT2D eigenvalue weighted by Gasteiger charge is -2.47. The Morgan fingerprint density at radius 2 is 1.66 bits per heavy atom. The number of carbonyl (C=O) groups excluding carboxylic acids is 2. The Labute approximate surface area is 243 Å². The predicted molar refractivity (Wildman–Crippen MR) is 161 cm³/mol. The van der Waals surface area contributed by atoms with Crippen molar-refractivity contribution in [2.45, 2.75) is 88.9 Å². The molecule has 216 valence electrons. The van der Waals surface area contributed by atoms with Gasteiger partial charge in [-0.25, -0.2) is 4.39 Å². The number of hydrogen-bond donors (Lipinski definition) is 3. The van der Waals surface area contributed by atoms with E-state index in [-0.39, 0.29) is 47.6 Å². The number of carbonyl (C=O) groups is 2. The summed E-state index contributed by atoms with van der Waals surface area (Å²) in [6, 6.07) is 23.9. The lowest BCUT2D eigenvalue weighted by Crippen LogP contribution is -2.65. The molecule has 0 aromatic heterocycles. The van der Waals surface area contributed by atoms with Crippen LogP contribution < -0.4 is 16.0 Å². The molecule has 6 heteroatoms. The highest BCUT2D eigenvalue weighted by Gasteiger charge is 2.47. The van der Waals surface area contributed by atoms with Crippen LogP contribution >= 0.6 is 0 Å². The van der Waals surface area contributed by atoms with E-state index in [2.05, 4.69) is 47.1 Å². The van der Waals surface area contributed by atoms with Gasteiger partial charge in [0.05, 0.1) is 0 Å². The molecule has 0 radical (unpaired) electrons. The quantitative estimate of drug-likeness (QED) is 0.358. The van der Waals surface area contributed by atoms with Gasteiger partial charge in [-0.15, -0.1) is 0 Å². The molecule has 3 aromatic carbocycles. The van der Waals surface area contributed by atoms with Gasteiger partial charge in [-0.1, -0.05) is 85.8 Å². The van der Waals surface area contributed by atoms with E-state index in [1.807, 2.05) is 31.2 Å². The van der Waals surface area contributed by atoms with Gasteiger partial charge in [-0.3, -0.25) is 9.59 Å². The van der Waals surface area contributed by atoms with E-state index in [1.54, 1.807) is 18.2 Å². The molecule has 2 heterocycles. The van der Waals surface area contributed by atoms with Gasteiger partial charge in [-0.2, -0.15) is 0 Å². The standard InChI is InChI=1S/C35H42FN3O2/c1-23-11-10-14-27(21-23)34(40)39-33-32(26-17-19-28(36)20-18-26)31-24(2)37-29(22-25-12-6-5-7-13-25)15-8-3-4-9-16-30(31)38-35(33)41/h5-7,10-14,17-21,24,29-33,37H,3-4,8-9,15-16,22H2,1-2H3,(H,38,41)(H,39,40)/t24?,29?,30?,31?,32-,33+/m1/s1. The number of benzene rings is 3. The van der Waals surface area contributed by atoms with Crippen molar-refractivity contribution in [3.63, 3.8) is 0 Å². The molecule has 0 spiro atoms. The largest absolute Gasteiger partial charge is 0.351 e. The van der Waals surface area contributed by atoms with E-state index < -0.39 is 6.04 Å². The molecule has 3 N–H and O–H groups in total. The van der Waals surface area contributed by atoms with Gasteiger partial charge in [0, 0.05) is 35.5 Å². The fraction of sp³-hybridized carbons (Fsp3) is 0.429. The Morgan fingerprint density at radius 3 is 2.39 bits per heavy atom. The van der Waals surface area contributed by atoms with Crippen LogP contribution in [-0.2, 0) is 11.2 Å². The minimum atomic E-state index is -0.781. The fourth-order valence-corrected chi connectivity index (χ4v) is 6.93.